The van der Waals surface area contributed by atoms with Crippen molar-refractivity contribution in [2.45, 2.75) is 70.7 Å². The van der Waals surface area contributed by atoms with Gasteiger partial charge in [0.05, 0.1) is 18.2 Å². The highest BCUT2D eigenvalue weighted by atomic mass is 16.5. The summed E-state index contributed by atoms with van der Waals surface area (Å²) in [6, 6.07) is 0.431. The van der Waals surface area contributed by atoms with Crippen molar-refractivity contribution < 1.29 is 4.74 Å². The first-order valence-electron chi connectivity index (χ1n) is 8.94. The molecule has 3 atom stereocenters. The molecule has 1 aromatic heterocycles. The van der Waals surface area contributed by atoms with Crippen molar-refractivity contribution in [3.63, 3.8) is 0 Å². The Morgan fingerprint density at radius 2 is 2.35 bits per heavy atom. The molecule has 0 radical (unpaired) electrons. The summed E-state index contributed by atoms with van der Waals surface area (Å²) >= 11 is 0. The van der Waals surface area contributed by atoms with Gasteiger partial charge in [0.2, 0.25) is 0 Å². The van der Waals surface area contributed by atoms with Gasteiger partial charge in [-0.15, -0.1) is 0 Å². The highest BCUT2D eigenvalue weighted by Crippen LogP contribution is 2.34. The number of aryl methyl sites for hydroxylation is 2. The number of nitrogens with zero attached hydrogens (tertiary/aromatic N) is 3. The van der Waals surface area contributed by atoms with Gasteiger partial charge in [-0.3, -0.25) is 4.99 Å². The summed E-state index contributed by atoms with van der Waals surface area (Å²) in [5.74, 6) is 2.02. The van der Waals surface area contributed by atoms with Crippen LogP contribution in [0.2, 0.25) is 0 Å². The molecule has 3 rings (SSSR count). The second-order valence-corrected chi connectivity index (χ2v) is 6.50. The fourth-order valence-electron chi connectivity index (χ4n) is 3.51. The number of aliphatic imine (C=N–C) groups is 1. The standard InChI is InChI=1S/C17H29N5O/c1-3-18-17(21-15-12-14-6-7-16(15)23-14)20-8-4-5-10-22-11-9-19-13(22)2/h9,11,14-16H,3-8,10,12H2,1-2H3,(H2,18,20,21). The van der Waals surface area contributed by atoms with Crippen molar-refractivity contribution in [2.75, 3.05) is 13.1 Å². The summed E-state index contributed by atoms with van der Waals surface area (Å²) in [6.45, 7) is 6.91. The lowest BCUT2D eigenvalue weighted by molar-refractivity contribution is 0.0992. The van der Waals surface area contributed by atoms with Crippen molar-refractivity contribution in [3.8, 4) is 0 Å². The van der Waals surface area contributed by atoms with E-state index in [-0.39, 0.29) is 0 Å². The predicted molar refractivity (Wildman–Crippen MR) is 91.6 cm³/mol. The molecule has 0 aromatic carbocycles. The molecule has 0 amide bonds. The highest BCUT2D eigenvalue weighted by Gasteiger charge is 2.41. The SMILES string of the molecule is CCNC(=NCCCCn1ccnc1C)NC1CC2CCC1O2. The van der Waals surface area contributed by atoms with E-state index in [0.717, 1.165) is 50.7 Å². The number of ether oxygens (including phenoxy) is 1. The van der Waals surface area contributed by atoms with Gasteiger partial charge in [-0.1, -0.05) is 0 Å². The van der Waals surface area contributed by atoms with Crippen LogP contribution in [-0.2, 0) is 11.3 Å². The van der Waals surface area contributed by atoms with E-state index in [0.29, 0.717) is 18.2 Å². The van der Waals surface area contributed by atoms with Crippen molar-refractivity contribution in [3.05, 3.63) is 18.2 Å². The first-order valence-corrected chi connectivity index (χ1v) is 8.94. The van der Waals surface area contributed by atoms with Crippen molar-refractivity contribution >= 4 is 5.96 Å². The lowest BCUT2D eigenvalue weighted by Crippen LogP contribution is -2.47. The van der Waals surface area contributed by atoms with Gasteiger partial charge in [0.25, 0.3) is 0 Å². The maximum absolute atomic E-state index is 5.91. The minimum Gasteiger partial charge on any atom is -0.373 e. The molecule has 3 heterocycles. The van der Waals surface area contributed by atoms with Crippen LogP contribution in [0.3, 0.4) is 0 Å². The zero-order valence-electron chi connectivity index (χ0n) is 14.3. The Labute approximate surface area is 138 Å². The molecule has 2 N–H and O–H groups in total. The monoisotopic (exact) mass is 319 g/mol. The van der Waals surface area contributed by atoms with Crippen LogP contribution in [0.5, 0.6) is 0 Å². The van der Waals surface area contributed by atoms with Crippen LogP contribution in [-0.4, -0.2) is 46.8 Å². The van der Waals surface area contributed by atoms with Gasteiger partial charge in [0, 0.05) is 32.0 Å². The summed E-state index contributed by atoms with van der Waals surface area (Å²) in [6.07, 6.45) is 10.5. The number of guanidine groups is 1. The Kier molecular flexibility index (Phi) is 5.54. The average Bonchev–Trinajstić information content (AvgIpc) is 3.24. The Morgan fingerprint density at radius 1 is 1.43 bits per heavy atom. The summed E-state index contributed by atoms with van der Waals surface area (Å²) in [7, 11) is 0. The van der Waals surface area contributed by atoms with Gasteiger partial charge in [0.1, 0.15) is 5.82 Å². The molecule has 6 nitrogen and oxygen atoms in total. The zero-order chi connectivity index (χ0) is 16.1. The molecular formula is C17H29N5O. The van der Waals surface area contributed by atoms with E-state index in [1.54, 1.807) is 0 Å². The molecule has 0 aliphatic carbocycles. The Bertz CT molecular complexity index is 527. The van der Waals surface area contributed by atoms with Gasteiger partial charge in [-0.25, -0.2) is 4.98 Å². The topological polar surface area (TPSA) is 63.5 Å². The largest absolute Gasteiger partial charge is 0.373 e. The second kappa shape index (κ2) is 7.81. The third-order valence-corrected chi connectivity index (χ3v) is 4.77. The second-order valence-electron chi connectivity index (χ2n) is 6.50. The molecule has 3 unspecified atom stereocenters. The lowest BCUT2D eigenvalue weighted by atomic mass is 9.96. The normalized spacial score (nSPS) is 26.7. The molecule has 2 fully saturated rings. The Balaban J connectivity index is 1.40. The van der Waals surface area contributed by atoms with Crippen LogP contribution < -0.4 is 10.6 Å². The van der Waals surface area contributed by atoms with E-state index in [2.05, 4.69) is 27.1 Å². The highest BCUT2D eigenvalue weighted by molar-refractivity contribution is 5.80. The molecule has 128 valence electrons. The summed E-state index contributed by atoms with van der Waals surface area (Å²) < 4.78 is 8.10. The number of unbranched alkanes of at least 4 members (excludes halogenated alkanes) is 1. The van der Waals surface area contributed by atoms with E-state index in [1.807, 2.05) is 19.3 Å². The molecule has 0 saturated carbocycles. The Hall–Kier alpha value is -1.56. The number of rotatable bonds is 7. The number of hydrogen-bond donors (Lipinski definition) is 2. The van der Waals surface area contributed by atoms with Gasteiger partial charge < -0.3 is 19.9 Å². The third-order valence-electron chi connectivity index (χ3n) is 4.77. The van der Waals surface area contributed by atoms with Gasteiger partial charge in [0.15, 0.2) is 5.96 Å². The fraction of sp³-hybridized carbons (Fsp3) is 0.765. The van der Waals surface area contributed by atoms with Crippen molar-refractivity contribution in [1.82, 2.24) is 20.2 Å². The smallest absolute Gasteiger partial charge is 0.191 e. The first kappa shape index (κ1) is 16.3. The van der Waals surface area contributed by atoms with Crippen LogP contribution >= 0.6 is 0 Å². The van der Waals surface area contributed by atoms with Gasteiger partial charge in [-0.05, 0) is 46.0 Å². The maximum Gasteiger partial charge on any atom is 0.191 e. The molecule has 2 bridgehead atoms. The molecule has 23 heavy (non-hydrogen) atoms. The minimum atomic E-state index is 0.382. The number of aromatic nitrogens is 2. The first-order chi connectivity index (χ1) is 11.3. The third kappa shape index (κ3) is 4.25. The fourth-order valence-corrected chi connectivity index (χ4v) is 3.51. The molecular weight excluding hydrogens is 290 g/mol. The minimum absolute atomic E-state index is 0.382. The van der Waals surface area contributed by atoms with Crippen molar-refractivity contribution in [1.29, 1.82) is 0 Å². The maximum atomic E-state index is 5.91. The predicted octanol–water partition coefficient (Wildman–Crippen LogP) is 1.85. The molecule has 2 aliphatic rings. The van der Waals surface area contributed by atoms with Crippen LogP contribution in [0.4, 0.5) is 0 Å². The number of hydrogen-bond acceptors (Lipinski definition) is 3. The molecule has 0 spiro atoms. The van der Waals surface area contributed by atoms with E-state index in [9.17, 15) is 0 Å². The van der Waals surface area contributed by atoms with E-state index < -0.39 is 0 Å². The quantitative estimate of drug-likeness (QED) is 0.457. The van der Waals surface area contributed by atoms with Crippen LogP contribution in [0.1, 0.15) is 44.9 Å². The number of nitrogens with one attached hydrogen (secondary N) is 2. The van der Waals surface area contributed by atoms with E-state index >= 15 is 0 Å². The lowest BCUT2D eigenvalue weighted by Gasteiger charge is -2.22. The van der Waals surface area contributed by atoms with E-state index in [4.69, 9.17) is 9.73 Å². The van der Waals surface area contributed by atoms with Crippen LogP contribution in [0.15, 0.2) is 17.4 Å². The molecule has 1 aromatic rings. The van der Waals surface area contributed by atoms with Crippen LogP contribution in [0.25, 0.3) is 0 Å². The molecule has 6 heteroatoms. The molecule has 2 saturated heterocycles. The van der Waals surface area contributed by atoms with Gasteiger partial charge >= 0.3 is 0 Å². The number of imidazole rings is 1. The average molecular weight is 319 g/mol. The summed E-state index contributed by atoms with van der Waals surface area (Å²) in [4.78, 5) is 8.96. The Morgan fingerprint density at radius 3 is 3.00 bits per heavy atom. The molecule has 2 aliphatic heterocycles. The van der Waals surface area contributed by atoms with Crippen LogP contribution in [0, 0.1) is 6.92 Å². The number of fused-ring (bicyclic) bond motifs is 2. The van der Waals surface area contributed by atoms with Crippen molar-refractivity contribution in [2.24, 2.45) is 4.99 Å². The summed E-state index contributed by atoms with van der Waals surface area (Å²) in [5, 5.41) is 6.91. The van der Waals surface area contributed by atoms with Gasteiger partial charge in [-0.2, -0.15) is 0 Å². The zero-order valence-corrected chi connectivity index (χ0v) is 14.3. The van der Waals surface area contributed by atoms with E-state index in [1.165, 1.54) is 12.8 Å². The summed E-state index contributed by atoms with van der Waals surface area (Å²) in [5.41, 5.74) is 0.